The van der Waals surface area contributed by atoms with Crippen LogP contribution in [0.25, 0.3) is 17.1 Å². The van der Waals surface area contributed by atoms with Gasteiger partial charge in [0.15, 0.2) is 11.0 Å². The number of hydrogen-bond acceptors (Lipinski definition) is 4. The molecule has 0 spiro atoms. The summed E-state index contributed by atoms with van der Waals surface area (Å²) in [4.78, 5) is 12.0. The quantitative estimate of drug-likeness (QED) is 0.327. The van der Waals surface area contributed by atoms with Gasteiger partial charge in [0.1, 0.15) is 0 Å². The van der Waals surface area contributed by atoms with Gasteiger partial charge in [0.05, 0.1) is 0 Å². The van der Waals surface area contributed by atoms with E-state index < -0.39 is 0 Å². The van der Waals surface area contributed by atoms with Gasteiger partial charge >= 0.3 is 0 Å². The lowest BCUT2D eigenvalue weighted by molar-refractivity contribution is -0.121. The fourth-order valence-corrected chi connectivity index (χ4v) is 3.96. The Morgan fingerprint density at radius 2 is 1.83 bits per heavy atom. The highest BCUT2D eigenvalue weighted by Crippen LogP contribution is 2.29. The van der Waals surface area contributed by atoms with Crippen LogP contribution in [0.2, 0.25) is 5.02 Å². The largest absolute Gasteiger partial charge is 0.356 e. The molecule has 0 unspecified atom stereocenters. The molecule has 0 saturated heterocycles. The highest BCUT2D eigenvalue weighted by molar-refractivity contribution is 7.99. The van der Waals surface area contributed by atoms with Gasteiger partial charge in [0, 0.05) is 35.0 Å². The Kier molecular flexibility index (Phi) is 8.34. The van der Waals surface area contributed by atoms with Crippen molar-refractivity contribution in [1.29, 1.82) is 0 Å². The van der Waals surface area contributed by atoms with E-state index in [1.165, 1.54) is 0 Å². The van der Waals surface area contributed by atoms with Crippen molar-refractivity contribution in [2.24, 2.45) is 5.92 Å². The zero-order valence-corrected chi connectivity index (χ0v) is 18.9. The van der Waals surface area contributed by atoms with Crippen molar-refractivity contribution < 1.29 is 4.79 Å². The predicted octanol–water partition coefficient (Wildman–Crippen LogP) is 5.62. The molecule has 158 valence electrons. The van der Waals surface area contributed by atoms with E-state index in [2.05, 4.69) is 33.9 Å². The van der Waals surface area contributed by atoms with E-state index in [9.17, 15) is 4.79 Å². The van der Waals surface area contributed by atoms with Gasteiger partial charge in [0.2, 0.25) is 5.91 Å². The number of aromatic nitrogens is 3. The van der Waals surface area contributed by atoms with Crippen LogP contribution in [0, 0.1) is 5.92 Å². The summed E-state index contributed by atoms with van der Waals surface area (Å²) in [6, 6.07) is 17.7. The molecule has 0 fully saturated rings. The summed E-state index contributed by atoms with van der Waals surface area (Å²) in [5, 5.41) is 13.3. The summed E-state index contributed by atoms with van der Waals surface area (Å²) in [7, 11) is 0. The molecule has 0 radical (unpaired) electrons. The SMILES string of the molecule is CC(C)CCNC(=O)CCCSc1nnc(-c2ccc(Cl)cc2)n1-c1ccccc1. The molecule has 7 heteroatoms. The number of amides is 1. The normalized spacial score (nSPS) is 11.1. The number of thioether (sulfide) groups is 1. The number of nitrogens with one attached hydrogen (secondary N) is 1. The first-order valence-corrected chi connectivity index (χ1v) is 11.6. The number of nitrogens with zero attached hydrogens (tertiary/aromatic N) is 3. The Morgan fingerprint density at radius 1 is 1.10 bits per heavy atom. The molecule has 0 atom stereocenters. The second kappa shape index (κ2) is 11.2. The molecule has 2 aromatic carbocycles. The van der Waals surface area contributed by atoms with E-state index in [1.807, 2.05) is 54.6 Å². The summed E-state index contributed by atoms with van der Waals surface area (Å²) >= 11 is 7.65. The Bertz CT molecular complexity index is 942. The van der Waals surface area contributed by atoms with Gasteiger partial charge in [-0.25, -0.2) is 0 Å². The van der Waals surface area contributed by atoms with E-state index in [4.69, 9.17) is 11.6 Å². The van der Waals surface area contributed by atoms with E-state index in [-0.39, 0.29) is 5.91 Å². The molecule has 0 saturated carbocycles. The van der Waals surface area contributed by atoms with Crippen molar-refractivity contribution in [2.75, 3.05) is 12.3 Å². The van der Waals surface area contributed by atoms with Crippen LogP contribution in [-0.2, 0) is 4.79 Å². The lowest BCUT2D eigenvalue weighted by atomic mass is 10.1. The standard InChI is InChI=1S/C23H27ClN4OS/c1-17(2)14-15-25-21(29)9-6-16-30-23-27-26-22(18-10-12-19(24)13-11-18)28(23)20-7-4-3-5-8-20/h3-5,7-8,10-13,17H,6,9,14-16H2,1-2H3,(H,25,29). The maximum Gasteiger partial charge on any atom is 0.220 e. The lowest BCUT2D eigenvalue weighted by Gasteiger charge is -2.10. The predicted molar refractivity (Wildman–Crippen MR) is 124 cm³/mol. The molecule has 30 heavy (non-hydrogen) atoms. The van der Waals surface area contributed by atoms with Crippen molar-refractivity contribution in [1.82, 2.24) is 20.1 Å². The maximum absolute atomic E-state index is 12.0. The monoisotopic (exact) mass is 442 g/mol. The number of carbonyl (C=O) groups is 1. The number of carbonyl (C=O) groups excluding carboxylic acids is 1. The molecule has 1 amide bonds. The Hall–Kier alpha value is -2.31. The molecule has 0 aliphatic carbocycles. The number of para-hydroxylation sites is 1. The molecular weight excluding hydrogens is 416 g/mol. The molecule has 0 aliphatic rings. The lowest BCUT2D eigenvalue weighted by Crippen LogP contribution is -2.25. The Morgan fingerprint density at radius 3 is 2.53 bits per heavy atom. The second-order valence-corrected chi connectivity index (χ2v) is 8.97. The van der Waals surface area contributed by atoms with Crippen LogP contribution in [0.5, 0.6) is 0 Å². The first kappa shape index (κ1) is 22.4. The van der Waals surface area contributed by atoms with E-state index in [0.717, 1.165) is 47.4 Å². The van der Waals surface area contributed by atoms with Crippen LogP contribution in [-0.4, -0.2) is 33.0 Å². The van der Waals surface area contributed by atoms with Gasteiger partial charge in [-0.2, -0.15) is 0 Å². The van der Waals surface area contributed by atoms with E-state index in [0.29, 0.717) is 17.4 Å². The minimum atomic E-state index is 0.114. The molecule has 0 bridgehead atoms. The van der Waals surface area contributed by atoms with Crippen LogP contribution in [0.4, 0.5) is 0 Å². The third-order valence-electron chi connectivity index (χ3n) is 4.57. The van der Waals surface area contributed by atoms with Crippen molar-refractivity contribution in [3.05, 3.63) is 59.6 Å². The highest BCUT2D eigenvalue weighted by atomic mass is 35.5. The van der Waals surface area contributed by atoms with Gasteiger partial charge in [-0.15, -0.1) is 10.2 Å². The number of halogens is 1. The molecule has 3 rings (SSSR count). The number of rotatable bonds is 10. The smallest absolute Gasteiger partial charge is 0.220 e. The van der Waals surface area contributed by atoms with Crippen molar-refractivity contribution in [2.45, 2.75) is 38.3 Å². The Labute approximate surface area is 187 Å². The van der Waals surface area contributed by atoms with Crippen LogP contribution in [0.1, 0.15) is 33.1 Å². The van der Waals surface area contributed by atoms with Gasteiger partial charge in [0.25, 0.3) is 0 Å². The van der Waals surface area contributed by atoms with Gasteiger partial charge < -0.3 is 5.32 Å². The van der Waals surface area contributed by atoms with Crippen LogP contribution in [0.15, 0.2) is 59.8 Å². The fraction of sp³-hybridized carbons (Fsp3) is 0.348. The van der Waals surface area contributed by atoms with Crippen molar-refractivity contribution >= 4 is 29.3 Å². The topological polar surface area (TPSA) is 59.8 Å². The first-order valence-electron chi connectivity index (χ1n) is 10.2. The molecule has 3 aromatic rings. The molecular formula is C23H27ClN4OS. The summed E-state index contributed by atoms with van der Waals surface area (Å²) in [6.45, 7) is 5.06. The summed E-state index contributed by atoms with van der Waals surface area (Å²) < 4.78 is 2.05. The average Bonchev–Trinajstić information content (AvgIpc) is 3.16. The molecule has 1 aromatic heterocycles. The first-order chi connectivity index (χ1) is 14.5. The minimum absolute atomic E-state index is 0.114. The second-order valence-electron chi connectivity index (χ2n) is 7.47. The number of benzene rings is 2. The van der Waals surface area contributed by atoms with Crippen molar-refractivity contribution in [3.8, 4) is 17.1 Å². The van der Waals surface area contributed by atoms with Gasteiger partial charge in [-0.1, -0.05) is 55.4 Å². The fourth-order valence-electron chi connectivity index (χ4n) is 2.94. The Balaban J connectivity index is 1.66. The summed E-state index contributed by atoms with van der Waals surface area (Å²) in [5.74, 6) is 2.28. The zero-order valence-electron chi connectivity index (χ0n) is 17.3. The third kappa shape index (κ3) is 6.34. The van der Waals surface area contributed by atoms with Crippen LogP contribution >= 0.6 is 23.4 Å². The summed E-state index contributed by atoms with van der Waals surface area (Å²) in [5.41, 5.74) is 1.95. The average molecular weight is 443 g/mol. The van der Waals surface area contributed by atoms with E-state index in [1.54, 1.807) is 11.8 Å². The summed E-state index contributed by atoms with van der Waals surface area (Å²) in [6.07, 6.45) is 2.32. The molecule has 1 N–H and O–H groups in total. The van der Waals surface area contributed by atoms with Gasteiger partial charge in [-0.05, 0) is 55.2 Å². The minimum Gasteiger partial charge on any atom is -0.356 e. The third-order valence-corrected chi connectivity index (χ3v) is 5.84. The van der Waals surface area contributed by atoms with Crippen LogP contribution in [0.3, 0.4) is 0 Å². The highest BCUT2D eigenvalue weighted by Gasteiger charge is 2.16. The van der Waals surface area contributed by atoms with Gasteiger partial charge in [-0.3, -0.25) is 9.36 Å². The van der Waals surface area contributed by atoms with E-state index >= 15 is 0 Å². The molecule has 1 heterocycles. The number of hydrogen-bond donors (Lipinski definition) is 1. The van der Waals surface area contributed by atoms with Crippen LogP contribution < -0.4 is 5.32 Å². The molecule has 5 nitrogen and oxygen atoms in total. The van der Waals surface area contributed by atoms with Crippen molar-refractivity contribution in [3.63, 3.8) is 0 Å². The molecule has 0 aliphatic heterocycles. The maximum atomic E-state index is 12.0. The zero-order chi connectivity index (χ0) is 21.3.